The van der Waals surface area contributed by atoms with Gasteiger partial charge in [0.1, 0.15) is 11.2 Å². The molecule has 0 unspecified atom stereocenters. The van der Waals surface area contributed by atoms with Crippen LogP contribution in [-0.4, -0.2) is 39.4 Å². The Morgan fingerprint density at radius 3 is 2.69 bits per heavy atom. The summed E-state index contributed by atoms with van der Waals surface area (Å²) in [7, 11) is -3.29. The molecule has 0 bridgehead atoms. The minimum atomic E-state index is -3.29. The number of anilines is 1. The second-order valence-corrected chi connectivity index (χ2v) is 5.05. The number of nitrogens with two attached hydrogens (primary N) is 1. The highest BCUT2D eigenvalue weighted by Gasteiger charge is 2.11. The highest BCUT2D eigenvalue weighted by molar-refractivity contribution is 7.90. The summed E-state index contributed by atoms with van der Waals surface area (Å²) >= 11 is 0. The van der Waals surface area contributed by atoms with Crippen molar-refractivity contribution >= 4 is 15.8 Å². The zero-order valence-electron chi connectivity index (χ0n) is 8.27. The fourth-order valence-electron chi connectivity index (χ4n) is 1.02. The van der Waals surface area contributed by atoms with Gasteiger partial charge in [0, 0.05) is 6.26 Å². The molecule has 0 spiro atoms. The van der Waals surface area contributed by atoms with E-state index in [2.05, 4.69) is 20.1 Å². The van der Waals surface area contributed by atoms with Gasteiger partial charge in [0.25, 0.3) is 5.95 Å². The highest BCUT2D eigenvalue weighted by atomic mass is 32.2. The van der Waals surface area contributed by atoms with Gasteiger partial charge >= 0.3 is 0 Å². The van der Waals surface area contributed by atoms with Crippen molar-refractivity contribution in [2.45, 2.75) is 4.90 Å². The molecule has 0 saturated carbocycles. The van der Waals surface area contributed by atoms with E-state index in [1.807, 2.05) is 0 Å². The Labute approximate surface area is 91.1 Å². The number of hydrogen-bond donors (Lipinski definition) is 1. The Morgan fingerprint density at radius 2 is 2.12 bits per heavy atom. The average molecular weight is 240 g/mol. The molecular formula is C7H8N6O2S. The van der Waals surface area contributed by atoms with Gasteiger partial charge in [-0.1, -0.05) is 0 Å². The van der Waals surface area contributed by atoms with Gasteiger partial charge in [0.2, 0.25) is 5.95 Å². The second kappa shape index (κ2) is 3.52. The maximum atomic E-state index is 11.2. The van der Waals surface area contributed by atoms with Gasteiger partial charge < -0.3 is 5.73 Å². The third kappa shape index (κ3) is 1.98. The molecule has 2 rings (SSSR count). The average Bonchev–Trinajstić information content (AvgIpc) is 2.65. The summed E-state index contributed by atoms with van der Waals surface area (Å²) in [5, 5.41) is 3.82. The van der Waals surface area contributed by atoms with Crippen LogP contribution < -0.4 is 5.73 Å². The number of hydrogen-bond acceptors (Lipinski definition) is 7. The molecule has 0 aromatic carbocycles. The van der Waals surface area contributed by atoms with Crippen LogP contribution in [-0.2, 0) is 9.84 Å². The Bertz CT molecular complexity index is 619. The Morgan fingerprint density at radius 1 is 1.38 bits per heavy atom. The van der Waals surface area contributed by atoms with E-state index in [1.165, 1.54) is 23.4 Å². The smallest absolute Gasteiger partial charge is 0.255 e. The quantitative estimate of drug-likeness (QED) is 0.718. The maximum absolute atomic E-state index is 11.2. The molecule has 0 saturated heterocycles. The van der Waals surface area contributed by atoms with Gasteiger partial charge in [-0.05, 0) is 0 Å². The van der Waals surface area contributed by atoms with Crippen LogP contribution in [0.3, 0.4) is 0 Å². The summed E-state index contributed by atoms with van der Waals surface area (Å²) in [6.07, 6.45) is 4.84. The molecule has 0 amide bonds. The summed E-state index contributed by atoms with van der Waals surface area (Å²) in [6, 6.07) is 0. The van der Waals surface area contributed by atoms with Crippen molar-refractivity contribution < 1.29 is 8.42 Å². The summed E-state index contributed by atoms with van der Waals surface area (Å²) in [6.45, 7) is 0. The molecule has 2 aromatic heterocycles. The van der Waals surface area contributed by atoms with Crippen molar-refractivity contribution in [3.63, 3.8) is 0 Å². The van der Waals surface area contributed by atoms with E-state index in [-0.39, 0.29) is 16.8 Å². The van der Waals surface area contributed by atoms with E-state index in [1.54, 1.807) is 0 Å². The molecule has 9 heteroatoms. The van der Waals surface area contributed by atoms with Crippen LogP contribution in [0.1, 0.15) is 0 Å². The Balaban J connectivity index is 2.47. The van der Waals surface area contributed by atoms with Gasteiger partial charge in [-0.3, -0.25) is 0 Å². The van der Waals surface area contributed by atoms with Gasteiger partial charge in [-0.2, -0.15) is 15.1 Å². The Kier molecular flexibility index (Phi) is 2.31. The van der Waals surface area contributed by atoms with Crippen molar-refractivity contribution in [3.8, 4) is 5.95 Å². The number of aromatic nitrogens is 5. The van der Waals surface area contributed by atoms with E-state index in [9.17, 15) is 8.42 Å². The molecular weight excluding hydrogens is 232 g/mol. The molecule has 2 aromatic rings. The standard InChI is InChI=1S/C7H8N6O2S/c1-16(14,15)5-2-11-13(3-5)7-10-4-9-6(8)12-7/h2-4H,1H3,(H2,8,9,10,12). The van der Waals surface area contributed by atoms with Crippen LogP contribution in [0, 0.1) is 0 Å². The first-order chi connectivity index (χ1) is 7.47. The summed E-state index contributed by atoms with van der Waals surface area (Å²) in [5.74, 6) is 0.212. The van der Waals surface area contributed by atoms with E-state index in [0.29, 0.717) is 0 Å². The molecule has 2 N–H and O–H groups in total. The molecule has 2 heterocycles. The monoisotopic (exact) mass is 240 g/mol. The lowest BCUT2D eigenvalue weighted by Crippen LogP contribution is -2.05. The van der Waals surface area contributed by atoms with Crippen LogP contribution in [0.5, 0.6) is 0 Å². The molecule has 8 nitrogen and oxygen atoms in total. The lowest BCUT2D eigenvalue weighted by Gasteiger charge is -1.97. The van der Waals surface area contributed by atoms with Crippen molar-refractivity contribution in [2.75, 3.05) is 12.0 Å². The van der Waals surface area contributed by atoms with E-state index in [0.717, 1.165) is 6.26 Å². The fraction of sp³-hybridized carbons (Fsp3) is 0.143. The highest BCUT2D eigenvalue weighted by Crippen LogP contribution is 2.08. The zero-order chi connectivity index (χ0) is 11.8. The lowest BCUT2D eigenvalue weighted by molar-refractivity contribution is 0.602. The fourth-order valence-corrected chi connectivity index (χ4v) is 1.55. The van der Waals surface area contributed by atoms with Gasteiger partial charge in [-0.15, -0.1) is 0 Å². The predicted octanol–water partition coefficient (Wildman–Crippen LogP) is -0.957. The number of sulfone groups is 1. The maximum Gasteiger partial charge on any atom is 0.255 e. The third-order valence-corrected chi connectivity index (χ3v) is 2.84. The first kappa shape index (κ1) is 10.5. The van der Waals surface area contributed by atoms with Crippen LogP contribution in [0.4, 0.5) is 5.95 Å². The molecule has 0 fully saturated rings. The third-order valence-electron chi connectivity index (χ3n) is 1.77. The Hall–Kier alpha value is -2.03. The zero-order valence-corrected chi connectivity index (χ0v) is 9.09. The van der Waals surface area contributed by atoms with Crippen molar-refractivity contribution in [1.29, 1.82) is 0 Å². The number of nitrogens with zero attached hydrogens (tertiary/aromatic N) is 5. The summed E-state index contributed by atoms with van der Waals surface area (Å²) in [4.78, 5) is 11.3. The molecule has 0 atom stereocenters. The second-order valence-electron chi connectivity index (χ2n) is 3.04. The number of nitrogen functional groups attached to an aromatic ring is 1. The van der Waals surface area contributed by atoms with Gasteiger partial charge in [-0.25, -0.2) is 18.1 Å². The number of rotatable bonds is 2. The largest absolute Gasteiger partial charge is 0.368 e. The van der Waals surface area contributed by atoms with E-state index in [4.69, 9.17) is 5.73 Å². The molecule has 0 aliphatic carbocycles. The van der Waals surface area contributed by atoms with Crippen LogP contribution in [0.2, 0.25) is 0 Å². The molecule has 16 heavy (non-hydrogen) atoms. The minimum absolute atomic E-state index is 0.0430. The molecule has 0 aliphatic heterocycles. The summed E-state index contributed by atoms with van der Waals surface area (Å²) < 4.78 is 23.6. The normalized spacial score (nSPS) is 11.6. The topological polar surface area (TPSA) is 117 Å². The first-order valence-corrected chi connectivity index (χ1v) is 6.05. The van der Waals surface area contributed by atoms with Crippen molar-refractivity contribution in [3.05, 3.63) is 18.7 Å². The van der Waals surface area contributed by atoms with Crippen molar-refractivity contribution in [2.24, 2.45) is 0 Å². The van der Waals surface area contributed by atoms with Crippen molar-refractivity contribution in [1.82, 2.24) is 24.7 Å². The first-order valence-electron chi connectivity index (χ1n) is 4.16. The SMILES string of the molecule is CS(=O)(=O)c1cnn(-c2ncnc(N)n2)c1. The predicted molar refractivity (Wildman–Crippen MR) is 54.5 cm³/mol. The van der Waals surface area contributed by atoms with Crippen LogP contribution in [0.25, 0.3) is 5.95 Å². The van der Waals surface area contributed by atoms with E-state index >= 15 is 0 Å². The molecule has 84 valence electrons. The van der Waals surface area contributed by atoms with Crippen LogP contribution in [0.15, 0.2) is 23.6 Å². The van der Waals surface area contributed by atoms with Crippen LogP contribution >= 0.6 is 0 Å². The molecule has 0 aliphatic rings. The minimum Gasteiger partial charge on any atom is -0.368 e. The van der Waals surface area contributed by atoms with E-state index < -0.39 is 9.84 Å². The summed E-state index contributed by atoms with van der Waals surface area (Å²) in [5.41, 5.74) is 5.37. The van der Waals surface area contributed by atoms with Gasteiger partial charge in [0.15, 0.2) is 9.84 Å². The lowest BCUT2D eigenvalue weighted by atomic mass is 10.7. The van der Waals surface area contributed by atoms with Gasteiger partial charge in [0.05, 0.1) is 12.4 Å². The molecule has 0 radical (unpaired) electrons.